The van der Waals surface area contributed by atoms with Crippen molar-refractivity contribution in [2.45, 2.75) is 4.90 Å². The van der Waals surface area contributed by atoms with E-state index in [1.54, 1.807) is 22.6 Å². The Morgan fingerprint density at radius 3 is 2.21 bits per heavy atom. The molecule has 0 saturated heterocycles. The van der Waals surface area contributed by atoms with Crippen LogP contribution in [0.25, 0.3) is 0 Å². The molecule has 8 heteroatoms. The Morgan fingerprint density at radius 2 is 1.86 bits per heavy atom. The molecule has 0 aliphatic carbocycles. The highest BCUT2D eigenvalue weighted by molar-refractivity contribution is 14.2. The van der Waals surface area contributed by atoms with Gasteiger partial charge in [0.15, 0.2) is 0 Å². The largest absolute Gasteiger partial charge is 0.343 e. The highest BCUT2D eigenvalue weighted by Crippen LogP contribution is 2.29. The first kappa shape index (κ1) is 12.3. The minimum atomic E-state index is -4.47. The van der Waals surface area contributed by atoms with Crippen LogP contribution in [-0.4, -0.2) is 13.0 Å². The maximum atomic E-state index is 10.8. The average Bonchev–Trinajstić information content (AvgIpc) is 2.01. The monoisotopic (exact) mass is 442 g/mol. The SMILES string of the molecule is O=I(=O)c1c(I)cccc1S(=O)(=O)O. The number of hydrogen-bond donors (Lipinski definition) is 1. The third kappa shape index (κ3) is 2.61. The summed E-state index contributed by atoms with van der Waals surface area (Å²) in [6.07, 6.45) is 0. The Morgan fingerprint density at radius 1 is 1.29 bits per heavy atom. The third-order valence-corrected chi connectivity index (χ3v) is 6.58. The Hall–Kier alpha value is 0.190. The van der Waals surface area contributed by atoms with E-state index in [0.29, 0.717) is 3.57 Å². The van der Waals surface area contributed by atoms with E-state index in [9.17, 15) is 14.6 Å². The van der Waals surface area contributed by atoms with Crippen molar-refractivity contribution in [1.29, 1.82) is 0 Å². The summed E-state index contributed by atoms with van der Waals surface area (Å²) < 4.78 is 52.1. The lowest BCUT2D eigenvalue weighted by Gasteiger charge is -2.00. The van der Waals surface area contributed by atoms with Crippen molar-refractivity contribution in [3.63, 3.8) is 0 Å². The summed E-state index contributed by atoms with van der Waals surface area (Å²) in [7, 11) is -4.47. The van der Waals surface area contributed by atoms with Crippen LogP contribution in [0, 0.1) is 7.14 Å². The Labute approximate surface area is 101 Å². The molecule has 5 nitrogen and oxygen atoms in total. The average molecular weight is 442 g/mol. The topological polar surface area (TPSA) is 88.5 Å². The summed E-state index contributed by atoms with van der Waals surface area (Å²) in [5.41, 5.74) is 0. The van der Waals surface area contributed by atoms with Crippen molar-refractivity contribution in [1.82, 2.24) is 0 Å². The van der Waals surface area contributed by atoms with Crippen LogP contribution in [0.5, 0.6) is 0 Å². The van der Waals surface area contributed by atoms with Gasteiger partial charge in [-0.3, -0.25) is 4.55 Å². The molecule has 0 radical (unpaired) electrons. The first-order valence-electron chi connectivity index (χ1n) is 3.15. The number of hydrogen-bond acceptors (Lipinski definition) is 4. The van der Waals surface area contributed by atoms with Crippen molar-refractivity contribution in [3.8, 4) is 0 Å². The molecule has 0 amide bonds. The fourth-order valence-corrected chi connectivity index (χ4v) is 5.69. The van der Waals surface area contributed by atoms with E-state index in [4.69, 9.17) is 4.55 Å². The van der Waals surface area contributed by atoms with E-state index in [1.165, 1.54) is 12.1 Å². The summed E-state index contributed by atoms with van der Waals surface area (Å²) in [5, 5.41) is 0. The van der Waals surface area contributed by atoms with Gasteiger partial charge in [0.25, 0.3) is 10.1 Å². The third-order valence-electron chi connectivity index (χ3n) is 1.35. The van der Waals surface area contributed by atoms with Crippen LogP contribution in [-0.2, 0) is 16.3 Å². The lowest BCUT2D eigenvalue weighted by Crippen LogP contribution is -2.02. The van der Waals surface area contributed by atoms with Crippen LogP contribution < -0.4 is 0 Å². The summed E-state index contributed by atoms with van der Waals surface area (Å²) in [6.45, 7) is 0. The lowest BCUT2D eigenvalue weighted by atomic mass is 10.4. The molecule has 0 aliphatic rings. The van der Waals surface area contributed by atoms with Crippen molar-refractivity contribution in [2.75, 3.05) is 0 Å². The maximum absolute atomic E-state index is 10.8. The molecule has 1 rings (SSSR count). The van der Waals surface area contributed by atoms with Gasteiger partial charge in [-0.2, -0.15) is 8.42 Å². The molecule has 1 N–H and O–H groups in total. The molecular weight excluding hydrogens is 438 g/mol. The zero-order chi connectivity index (χ0) is 10.9. The molecule has 1 aromatic carbocycles. The van der Waals surface area contributed by atoms with E-state index in [1.807, 2.05) is 0 Å². The number of rotatable bonds is 2. The standard InChI is InChI=1S/C6H4I2O5S/c7-4-2-1-3-5(14(11,12)13)6(4)8(9)10/h1-3H,(H,11,12,13). The predicted molar refractivity (Wildman–Crippen MR) is 63.1 cm³/mol. The molecule has 78 valence electrons. The van der Waals surface area contributed by atoms with Gasteiger partial charge in [-0.05, 0) is 34.7 Å². The van der Waals surface area contributed by atoms with Crippen molar-refractivity contribution in [3.05, 3.63) is 25.3 Å². The highest BCUT2D eigenvalue weighted by Gasteiger charge is 2.20. The number of benzene rings is 1. The highest BCUT2D eigenvalue weighted by atomic mass is 127. The second-order valence-corrected chi connectivity index (χ2v) is 7.12. The van der Waals surface area contributed by atoms with E-state index in [-0.39, 0.29) is 3.57 Å². The van der Waals surface area contributed by atoms with Gasteiger partial charge in [0.05, 0.1) is 0 Å². The normalized spacial score (nSPS) is 11.9. The zero-order valence-electron chi connectivity index (χ0n) is 6.48. The van der Waals surface area contributed by atoms with Gasteiger partial charge in [0.2, 0.25) is 0 Å². The molecule has 0 unspecified atom stereocenters. The van der Waals surface area contributed by atoms with E-state index in [2.05, 4.69) is 0 Å². The fraction of sp³-hybridized carbons (Fsp3) is 0. The Kier molecular flexibility index (Phi) is 3.82. The van der Waals surface area contributed by atoms with Crippen molar-refractivity contribution < 1.29 is 19.1 Å². The molecule has 0 atom stereocenters. The van der Waals surface area contributed by atoms with Crippen molar-refractivity contribution >= 4 is 52.5 Å². The molecule has 14 heavy (non-hydrogen) atoms. The Balaban J connectivity index is 3.69. The predicted octanol–water partition coefficient (Wildman–Crippen LogP) is 1.90. The zero-order valence-corrected chi connectivity index (χ0v) is 11.6. The molecule has 1 aromatic rings. The molecule has 0 fully saturated rings. The van der Waals surface area contributed by atoms with Gasteiger partial charge >= 0.3 is 19.8 Å². The molecular formula is C6H4I2O5S. The Bertz CT molecular complexity index is 523. The summed E-state index contributed by atoms with van der Waals surface area (Å²) in [6, 6.07) is 3.89. The molecule has 0 aromatic heterocycles. The van der Waals surface area contributed by atoms with Crippen LogP contribution in [0.1, 0.15) is 0 Å². The smallest absolute Gasteiger partial charge is 0.282 e. The van der Waals surface area contributed by atoms with Crippen LogP contribution >= 0.6 is 42.4 Å². The molecule has 0 heterocycles. The first-order chi connectivity index (χ1) is 6.34. The molecule has 0 bridgehead atoms. The quantitative estimate of drug-likeness (QED) is 0.559. The van der Waals surface area contributed by atoms with E-state index < -0.39 is 34.8 Å². The summed E-state index contributed by atoms with van der Waals surface area (Å²) in [4.78, 5) is -0.542. The van der Waals surface area contributed by atoms with Crippen LogP contribution in [0.2, 0.25) is 0 Å². The van der Waals surface area contributed by atoms with Crippen LogP contribution in [0.15, 0.2) is 23.1 Å². The first-order valence-corrected chi connectivity index (χ1v) is 8.51. The fourth-order valence-electron chi connectivity index (χ4n) is 0.833. The maximum Gasteiger partial charge on any atom is 0.343 e. The van der Waals surface area contributed by atoms with Crippen molar-refractivity contribution in [2.24, 2.45) is 0 Å². The minimum Gasteiger partial charge on any atom is -0.282 e. The van der Waals surface area contributed by atoms with E-state index in [0.717, 1.165) is 6.07 Å². The molecule has 0 spiro atoms. The molecule has 0 aliphatic heterocycles. The molecule has 0 saturated carbocycles. The van der Waals surface area contributed by atoms with Crippen LogP contribution in [0.4, 0.5) is 0 Å². The number of halogens is 2. The second-order valence-electron chi connectivity index (χ2n) is 2.24. The van der Waals surface area contributed by atoms with Gasteiger partial charge in [-0.15, -0.1) is 0 Å². The van der Waals surface area contributed by atoms with Gasteiger partial charge in [-0.1, -0.05) is 6.07 Å². The van der Waals surface area contributed by atoms with Gasteiger partial charge < -0.3 is 0 Å². The minimum absolute atomic E-state index is 0.278. The van der Waals surface area contributed by atoms with E-state index >= 15 is 0 Å². The van der Waals surface area contributed by atoms with Gasteiger partial charge in [0, 0.05) is 3.57 Å². The van der Waals surface area contributed by atoms with Gasteiger partial charge in [-0.25, -0.2) is 6.14 Å². The van der Waals surface area contributed by atoms with Crippen LogP contribution in [0.3, 0.4) is 0 Å². The van der Waals surface area contributed by atoms with Gasteiger partial charge in [0.1, 0.15) is 8.47 Å². The lowest BCUT2D eigenvalue weighted by molar-refractivity contribution is 0.482. The summed E-state index contributed by atoms with van der Waals surface area (Å²) >= 11 is -2.22. The second kappa shape index (κ2) is 4.37. The summed E-state index contributed by atoms with van der Waals surface area (Å²) in [5.74, 6) is 0.